The lowest BCUT2D eigenvalue weighted by molar-refractivity contribution is -0.125. The first kappa shape index (κ1) is 13.1. The Morgan fingerprint density at radius 1 is 1.67 bits per heavy atom. The number of nitrogens with one attached hydrogen (secondary N) is 1. The Labute approximate surface area is 112 Å². The van der Waals surface area contributed by atoms with Crippen molar-refractivity contribution in [3.8, 4) is 11.8 Å². The largest absolute Gasteiger partial charge is 0.351 e. The van der Waals surface area contributed by atoms with E-state index in [-0.39, 0.29) is 11.8 Å². The van der Waals surface area contributed by atoms with Crippen molar-refractivity contribution in [3.63, 3.8) is 0 Å². The summed E-state index contributed by atoms with van der Waals surface area (Å²) in [6, 6.07) is 2.01. The van der Waals surface area contributed by atoms with Gasteiger partial charge in [0.15, 0.2) is 0 Å². The number of carbonyl (C=O) groups is 1. The van der Waals surface area contributed by atoms with Crippen LogP contribution in [0.4, 0.5) is 0 Å². The zero-order valence-corrected chi connectivity index (χ0v) is 11.3. The van der Waals surface area contributed by atoms with Crippen LogP contribution in [0.1, 0.15) is 30.2 Å². The number of hydrogen-bond acceptors (Lipinski definition) is 3. The van der Waals surface area contributed by atoms with E-state index in [1.807, 2.05) is 18.4 Å². The second-order valence-corrected chi connectivity index (χ2v) is 5.65. The van der Waals surface area contributed by atoms with E-state index in [2.05, 4.69) is 17.2 Å². The van der Waals surface area contributed by atoms with E-state index in [1.165, 1.54) is 12.8 Å². The fourth-order valence-electron chi connectivity index (χ4n) is 1.84. The lowest BCUT2D eigenvalue weighted by atomic mass is 10.1. The van der Waals surface area contributed by atoms with Gasteiger partial charge in [0.05, 0.1) is 13.1 Å². The summed E-state index contributed by atoms with van der Waals surface area (Å²) in [6.07, 6.45) is 2.40. The van der Waals surface area contributed by atoms with Crippen molar-refractivity contribution in [2.24, 2.45) is 17.6 Å². The number of thiophene rings is 1. The molecule has 18 heavy (non-hydrogen) atoms. The maximum absolute atomic E-state index is 11.8. The molecule has 1 atom stereocenters. The van der Waals surface area contributed by atoms with Crippen LogP contribution in [0, 0.1) is 23.7 Å². The molecule has 1 saturated carbocycles. The molecule has 3 nitrogen and oxygen atoms in total. The van der Waals surface area contributed by atoms with Crippen LogP contribution in [-0.2, 0) is 11.3 Å². The van der Waals surface area contributed by atoms with Crippen LogP contribution in [0.5, 0.6) is 0 Å². The van der Waals surface area contributed by atoms with Crippen LogP contribution in [0.25, 0.3) is 0 Å². The van der Waals surface area contributed by atoms with Gasteiger partial charge in [0.25, 0.3) is 0 Å². The summed E-state index contributed by atoms with van der Waals surface area (Å²) < 4.78 is 0. The number of nitrogens with two attached hydrogens (primary N) is 1. The predicted molar refractivity (Wildman–Crippen MR) is 74.0 cm³/mol. The summed E-state index contributed by atoms with van der Waals surface area (Å²) in [5, 5.41) is 4.98. The predicted octanol–water partition coefficient (Wildman–Crippen LogP) is 1.72. The highest BCUT2D eigenvalue weighted by atomic mass is 32.1. The molecule has 1 aromatic rings. The smallest absolute Gasteiger partial charge is 0.223 e. The molecule has 0 radical (unpaired) electrons. The first-order valence-electron chi connectivity index (χ1n) is 6.24. The maximum Gasteiger partial charge on any atom is 0.223 e. The van der Waals surface area contributed by atoms with Gasteiger partial charge >= 0.3 is 0 Å². The van der Waals surface area contributed by atoms with Gasteiger partial charge in [0.1, 0.15) is 0 Å². The summed E-state index contributed by atoms with van der Waals surface area (Å²) in [7, 11) is 0. The Morgan fingerprint density at radius 2 is 2.44 bits per heavy atom. The SMILES string of the molecule is CC(C(=O)NCc1cc(C#CCN)cs1)C1CC1. The molecular weight excluding hydrogens is 244 g/mol. The number of carbonyl (C=O) groups excluding carboxylic acids is 1. The molecule has 1 unspecified atom stereocenters. The monoisotopic (exact) mass is 262 g/mol. The van der Waals surface area contributed by atoms with Crippen LogP contribution in [-0.4, -0.2) is 12.5 Å². The lowest BCUT2D eigenvalue weighted by Gasteiger charge is -2.09. The summed E-state index contributed by atoms with van der Waals surface area (Å²) in [4.78, 5) is 13.0. The van der Waals surface area contributed by atoms with Gasteiger partial charge in [-0.25, -0.2) is 0 Å². The van der Waals surface area contributed by atoms with Crippen molar-refractivity contribution in [1.29, 1.82) is 0 Å². The molecule has 96 valence electrons. The van der Waals surface area contributed by atoms with E-state index in [9.17, 15) is 4.79 Å². The molecule has 1 aliphatic carbocycles. The molecule has 0 aromatic carbocycles. The Morgan fingerprint density at radius 3 is 3.11 bits per heavy atom. The minimum absolute atomic E-state index is 0.154. The Kier molecular flexibility index (Phi) is 4.40. The average Bonchev–Trinajstić information content (AvgIpc) is 3.13. The van der Waals surface area contributed by atoms with Gasteiger partial charge in [0.2, 0.25) is 5.91 Å². The number of rotatable bonds is 4. The second-order valence-electron chi connectivity index (χ2n) is 4.65. The van der Waals surface area contributed by atoms with E-state index in [0.717, 1.165) is 10.4 Å². The van der Waals surface area contributed by atoms with Gasteiger partial charge < -0.3 is 11.1 Å². The van der Waals surface area contributed by atoms with Gasteiger partial charge in [0, 0.05) is 21.7 Å². The third-order valence-electron chi connectivity index (χ3n) is 3.17. The fourth-order valence-corrected chi connectivity index (χ4v) is 2.59. The van der Waals surface area contributed by atoms with Crippen molar-refractivity contribution < 1.29 is 4.79 Å². The molecule has 1 fully saturated rings. The van der Waals surface area contributed by atoms with Gasteiger partial charge in [-0.3, -0.25) is 4.79 Å². The van der Waals surface area contributed by atoms with E-state index in [4.69, 9.17) is 5.73 Å². The normalized spacial score (nSPS) is 15.7. The van der Waals surface area contributed by atoms with Gasteiger partial charge in [-0.1, -0.05) is 18.8 Å². The number of amides is 1. The highest BCUT2D eigenvalue weighted by Crippen LogP contribution is 2.36. The van der Waals surface area contributed by atoms with Crippen LogP contribution in [0.2, 0.25) is 0 Å². The van der Waals surface area contributed by atoms with Gasteiger partial charge in [-0.2, -0.15) is 0 Å². The van der Waals surface area contributed by atoms with E-state index >= 15 is 0 Å². The van der Waals surface area contributed by atoms with Crippen molar-refractivity contribution in [2.45, 2.75) is 26.3 Å². The van der Waals surface area contributed by atoms with Gasteiger partial charge in [-0.05, 0) is 24.8 Å². The van der Waals surface area contributed by atoms with E-state index < -0.39 is 0 Å². The van der Waals surface area contributed by atoms with Crippen molar-refractivity contribution in [1.82, 2.24) is 5.32 Å². The third kappa shape index (κ3) is 3.59. The average molecular weight is 262 g/mol. The quantitative estimate of drug-likeness (QED) is 0.812. The minimum atomic E-state index is 0.154. The minimum Gasteiger partial charge on any atom is -0.351 e. The van der Waals surface area contributed by atoms with E-state index in [0.29, 0.717) is 19.0 Å². The van der Waals surface area contributed by atoms with Crippen LogP contribution < -0.4 is 11.1 Å². The Bertz CT molecular complexity index is 479. The fraction of sp³-hybridized carbons (Fsp3) is 0.500. The Balaban J connectivity index is 1.82. The molecule has 1 heterocycles. The summed E-state index contributed by atoms with van der Waals surface area (Å²) >= 11 is 1.62. The summed E-state index contributed by atoms with van der Waals surface area (Å²) in [6.45, 7) is 2.99. The molecule has 1 aliphatic rings. The van der Waals surface area contributed by atoms with Crippen LogP contribution in [0.15, 0.2) is 11.4 Å². The highest BCUT2D eigenvalue weighted by molar-refractivity contribution is 7.10. The third-order valence-corrected chi connectivity index (χ3v) is 4.10. The molecule has 1 aromatic heterocycles. The standard InChI is InChI=1S/C14H18N2OS/c1-10(12-4-5-12)14(17)16-8-13-7-11(9-18-13)3-2-6-15/h7,9-10,12H,4-6,8,15H2,1H3,(H,16,17). The number of hydrogen-bond donors (Lipinski definition) is 2. The van der Waals surface area contributed by atoms with Crippen LogP contribution >= 0.6 is 11.3 Å². The van der Waals surface area contributed by atoms with E-state index in [1.54, 1.807) is 11.3 Å². The lowest BCUT2D eigenvalue weighted by Crippen LogP contribution is -2.29. The van der Waals surface area contributed by atoms with Crippen molar-refractivity contribution in [3.05, 3.63) is 21.9 Å². The van der Waals surface area contributed by atoms with Crippen LogP contribution in [0.3, 0.4) is 0 Å². The molecular formula is C14H18N2OS. The van der Waals surface area contributed by atoms with Crippen molar-refractivity contribution >= 4 is 17.2 Å². The van der Waals surface area contributed by atoms with Crippen molar-refractivity contribution in [2.75, 3.05) is 6.54 Å². The molecule has 1 amide bonds. The molecule has 0 saturated heterocycles. The molecule has 3 N–H and O–H groups in total. The zero-order chi connectivity index (χ0) is 13.0. The first-order valence-corrected chi connectivity index (χ1v) is 7.12. The zero-order valence-electron chi connectivity index (χ0n) is 10.5. The topological polar surface area (TPSA) is 55.1 Å². The van der Waals surface area contributed by atoms with Gasteiger partial charge in [-0.15, -0.1) is 11.3 Å². The molecule has 0 bridgehead atoms. The summed E-state index contributed by atoms with van der Waals surface area (Å²) in [5.41, 5.74) is 6.30. The molecule has 4 heteroatoms. The first-order chi connectivity index (χ1) is 8.70. The highest BCUT2D eigenvalue weighted by Gasteiger charge is 2.32. The molecule has 0 spiro atoms. The second kappa shape index (κ2) is 6.03. The molecule has 0 aliphatic heterocycles. The Hall–Kier alpha value is -1.31. The maximum atomic E-state index is 11.8. The molecule has 2 rings (SSSR count). The summed E-state index contributed by atoms with van der Waals surface area (Å²) in [5.74, 6) is 6.74.